The van der Waals surface area contributed by atoms with Crippen molar-refractivity contribution >= 4 is 23.6 Å². The Morgan fingerprint density at radius 2 is 1.71 bits per heavy atom. The van der Waals surface area contributed by atoms with Gasteiger partial charge >= 0.3 is 6.09 Å². The van der Waals surface area contributed by atoms with E-state index in [0.717, 1.165) is 60.9 Å². The summed E-state index contributed by atoms with van der Waals surface area (Å²) in [7, 11) is 1.39. The number of ether oxygens (including phenoxy) is 1. The number of fused-ring (bicyclic) bond motifs is 3. The van der Waals surface area contributed by atoms with Crippen LogP contribution in [-0.2, 0) is 16.0 Å². The van der Waals surface area contributed by atoms with Crippen LogP contribution in [0.2, 0.25) is 5.02 Å². The van der Waals surface area contributed by atoms with Crippen molar-refractivity contribution in [1.29, 1.82) is 0 Å². The molecule has 2 aromatic heterocycles. The number of nitrogens with one attached hydrogen (secondary N) is 3. The van der Waals surface area contributed by atoms with Crippen LogP contribution in [-0.4, -0.2) is 50.7 Å². The number of rotatable bonds is 8. The van der Waals surface area contributed by atoms with Gasteiger partial charge in [-0.15, -0.1) is 4.68 Å². The topological polar surface area (TPSA) is 126 Å². The molecule has 2 bridgehead atoms. The Balaban J connectivity index is 1.25. The third-order valence-electron chi connectivity index (χ3n) is 8.84. The minimum absolute atomic E-state index is 0.0306. The maximum atomic E-state index is 14.0. The first-order valence-corrected chi connectivity index (χ1v) is 14.5. The molecular formula is C31H33ClN7O3+. The highest BCUT2D eigenvalue weighted by Crippen LogP contribution is 2.47. The number of benzene rings is 2. The van der Waals surface area contributed by atoms with Gasteiger partial charge in [-0.3, -0.25) is 9.78 Å². The van der Waals surface area contributed by atoms with Crippen LogP contribution in [0.3, 0.4) is 0 Å². The second-order valence-electron chi connectivity index (χ2n) is 11.3. The number of nitrogens with zero attached hydrogens (tertiary/aromatic N) is 4. The van der Waals surface area contributed by atoms with Crippen LogP contribution in [0.15, 0.2) is 73.2 Å². The molecule has 4 aromatic rings. The zero-order valence-corrected chi connectivity index (χ0v) is 24.1. The molecule has 3 fully saturated rings. The molecule has 0 radical (unpaired) electrons. The summed E-state index contributed by atoms with van der Waals surface area (Å²) >= 11 is 6.35. The molecule has 3 aliphatic rings. The highest BCUT2D eigenvalue weighted by Gasteiger charge is 2.50. The smallest absolute Gasteiger partial charge is 0.407 e. The van der Waals surface area contributed by atoms with Crippen molar-refractivity contribution in [2.45, 2.75) is 61.9 Å². The zero-order valence-electron chi connectivity index (χ0n) is 23.3. The molecular weight excluding hydrogens is 554 g/mol. The molecule has 1 unspecified atom stereocenters. The van der Waals surface area contributed by atoms with E-state index in [1.54, 1.807) is 17.2 Å². The molecule has 2 amide bonds. The van der Waals surface area contributed by atoms with Gasteiger partial charge in [-0.2, -0.15) is 0 Å². The summed E-state index contributed by atoms with van der Waals surface area (Å²) in [6.07, 6.45) is 8.36. The molecule has 0 saturated heterocycles. The van der Waals surface area contributed by atoms with E-state index in [0.29, 0.717) is 17.1 Å². The van der Waals surface area contributed by atoms with Crippen molar-refractivity contribution in [2.75, 3.05) is 7.11 Å². The van der Waals surface area contributed by atoms with Gasteiger partial charge in [-0.05, 0) is 74.8 Å². The van der Waals surface area contributed by atoms with Gasteiger partial charge < -0.3 is 15.4 Å². The summed E-state index contributed by atoms with van der Waals surface area (Å²) in [6, 6.07) is 19.5. The number of carbonyl (C=O) groups excluding carboxylic acids is 2. The molecule has 7 rings (SSSR count). The van der Waals surface area contributed by atoms with Crippen molar-refractivity contribution in [2.24, 2.45) is 0 Å². The van der Waals surface area contributed by atoms with Gasteiger partial charge in [0.1, 0.15) is 10.8 Å². The maximum absolute atomic E-state index is 14.0. The SMILES string of the molecule is COC(=O)NC12CCC(NC(=O)C(Cc3ccccc3)c3ccc(-c4cc(Cl)ccc4-[n+]4cnn[nH]4)cn3)(CC1)CC2. The Morgan fingerprint density at radius 1 is 1.00 bits per heavy atom. The van der Waals surface area contributed by atoms with Gasteiger partial charge in [-0.25, -0.2) is 4.79 Å². The number of amides is 2. The molecule has 3 N–H and O–H groups in total. The first kappa shape index (κ1) is 27.8. The number of halogens is 1. The molecule has 1 atom stereocenters. The van der Waals surface area contributed by atoms with Crippen LogP contribution in [0.1, 0.15) is 55.7 Å². The number of alkyl carbamates (subject to hydrolysis) is 1. The van der Waals surface area contributed by atoms with Gasteiger partial charge in [-0.1, -0.05) is 53.2 Å². The second-order valence-corrected chi connectivity index (χ2v) is 11.8. The number of aromatic nitrogens is 5. The normalized spacial score (nSPS) is 21.9. The number of pyridine rings is 1. The van der Waals surface area contributed by atoms with E-state index >= 15 is 0 Å². The van der Waals surface area contributed by atoms with Crippen molar-refractivity contribution in [3.05, 3.63) is 89.5 Å². The van der Waals surface area contributed by atoms with Crippen LogP contribution in [0.5, 0.6) is 0 Å². The lowest BCUT2D eigenvalue weighted by molar-refractivity contribution is -0.659. The lowest BCUT2D eigenvalue weighted by Crippen LogP contribution is -2.64. The number of carbonyl (C=O) groups is 2. The highest BCUT2D eigenvalue weighted by molar-refractivity contribution is 6.31. The van der Waals surface area contributed by atoms with Crippen LogP contribution < -0.4 is 15.3 Å². The van der Waals surface area contributed by atoms with Crippen LogP contribution in [0, 0.1) is 0 Å². The molecule has 2 aromatic carbocycles. The predicted octanol–water partition coefficient (Wildman–Crippen LogP) is 4.44. The number of hydrogen-bond acceptors (Lipinski definition) is 6. The van der Waals surface area contributed by atoms with Crippen LogP contribution in [0.4, 0.5) is 4.79 Å². The summed E-state index contributed by atoms with van der Waals surface area (Å²) in [5, 5.41) is 17.6. The molecule has 216 valence electrons. The Kier molecular flexibility index (Phi) is 7.64. The minimum Gasteiger partial charge on any atom is -0.453 e. The molecule has 0 aliphatic heterocycles. The van der Waals surface area contributed by atoms with Gasteiger partial charge in [0.15, 0.2) is 5.21 Å². The third kappa shape index (κ3) is 5.72. The number of H-pyrrole nitrogens is 1. The summed E-state index contributed by atoms with van der Waals surface area (Å²) in [6.45, 7) is 0. The minimum atomic E-state index is -0.470. The number of hydrogen-bond donors (Lipinski definition) is 3. The van der Waals surface area contributed by atoms with Crippen molar-refractivity contribution in [3.63, 3.8) is 0 Å². The lowest BCUT2D eigenvalue weighted by Gasteiger charge is -2.53. The van der Waals surface area contributed by atoms with Crippen molar-refractivity contribution in [1.82, 2.24) is 31.1 Å². The summed E-state index contributed by atoms with van der Waals surface area (Å²) in [5.41, 5.74) is 3.77. The second kappa shape index (κ2) is 11.5. The van der Waals surface area contributed by atoms with E-state index in [9.17, 15) is 9.59 Å². The average Bonchev–Trinajstić information content (AvgIpc) is 3.56. The highest BCUT2D eigenvalue weighted by atomic mass is 35.5. The Bertz CT molecular complexity index is 1540. The molecule has 42 heavy (non-hydrogen) atoms. The fourth-order valence-corrected chi connectivity index (χ4v) is 6.54. The largest absolute Gasteiger partial charge is 0.453 e. The van der Waals surface area contributed by atoms with E-state index in [-0.39, 0.29) is 17.0 Å². The first-order valence-electron chi connectivity index (χ1n) is 14.1. The van der Waals surface area contributed by atoms with E-state index < -0.39 is 12.0 Å². The molecule has 11 heteroatoms. The Labute approximate surface area is 248 Å². The van der Waals surface area contributed by atoms with Gasteiger partial charge in [0.2, 0.25) is 5.91 Å². The van der Waals surface area contributed by atoms with E-state index in [4.69, 9.17) is 21.3 Å². The molecule has 3 saturated carbocycles. The molecule has 0 spiro atoms. The standard InChI is InChI=1S/C31H32ClN7O3/c1-42-29(41)36-31-14-11-30(12-15-31,13-16-31)35-28(40)25(17-21-5-3-2-4-6-21)26-9-7-22(19-33-26)24-18-23(32)8-10-27(24)39-20-34-37-38-39/h2-10,18-20,25H,11-17H2,1H3,(H2,35,36,40,41)/p+1. The predicted molar refractivity (Wildman–Crippen MR) is 156 cm³/mol. The number of tetrazole rings is 1. The molecule has 2 heterocycles. The lowest BCUT2D eigenvalue weighted by atomic mass is 9.61. The number of aromatic amines is 1. The fourth-order valence-electron chi connectivity index (χ4n) is 6.37. The molecule has 10 nitrogen and oxygen atoms in total. The maximum Gasteiger partial charge on any atom is 0.407 e. The van der Waals surface area contributed by atoms with E-state index in [2.05, 4.69) is 26.2 Å². The first-order chi connectivity index (χ1) is 20.4. The van der Waals surface area contributed by atoms with E-state index in [1.165, 1.54) is 7.11 Å². The fraction of sp³-hybridized carbons (Fsp3) is 0.355. The third-order valence-corrected chi connectivity index (χ3v) is 9.07. The van der Waals surface area contributed by atoms with Gasteiger partial charge in [0.05, 0.1) is 18.7 Å². The van der Waals surface area contributed by atoms with Crippen molar-refractivity contribution < 1.29 is 19.0 Å². The summed E-state index contributed by atoms with van der Waals surface area (Å²) in [5.74, 6) is -0.500. The Hall–Kier alpha value is -4.31. The monoisotopic (exact) mass is 586 g/mol. The van der Waals surface area contributed by atoms with Crippen molar-refractivity contribution in [3.8, 4) is 16.8 Å². The van der Waals surface area contributed by atoms with Gasteiger partial charge in [0.25, 0.3) is 6.33 Å². The summed E-state index contributed by atoms with van der Waals surface area (Å²) < 4.78 is 6.55. The van der Waals surface area contributed by atoms with Gasteiger partial charge in [0, 0.05) is 33.4 Å². The number of methoxy groups -OCH3 is 1. The Morgan fingerprint density at radius 3 is 2.33 bits per heavy atom. The van der Waals surface area contributed by atoms with E-state index in [1.807, 2.05) is 60.7 Å². The summed E-state index contributed by atoms with van der Waals surface area (Å²) in [4.78, 5) is 30.8. The van der Waals surface area contributed by atoms with Crippen LogP contribution in [0.25, 0.3) is 16.8 Å². The van der Waals surface area contributed by atoms with Crippen LogP contribution >= 0.6 is 11.6 Å². The average molecular weight is 587 g/mol. The molecule has 3 aliphatic carbocycles. The quantitative estimate of drug-likeness (QED) is 0.262. The zero-order chi connectivity index (χ0) is 29.2.